The Kier molecular flexibility index (Phi) is 64.1. The van der Waals surface area contributed by atoms with Crippen molar-refractivity contribution < 1.29 is 32.9 Å². The first kappa shape index (κ1) is 81.2. The molecule has 0 saturated carbocycles. The Hall–Kier alpha value is -0.760. The van der Waals surface area contributed by atoms with Crippen molar-refractivity contribution in [1.82, 2.24) is 5.32 Å². The fourth-order valence-corrected chi connectivity index (χ4v) is 12.5. The second-order valence-corrected chi connectivity index (χ2v) is 28.5. The van der Waals surface area contributed by atoms with Gasteiger partial charge in [-0.3, -0.25) is 13.8 Å². The van der Waals surface area contributed by atoms with Crippen LogP contribution >= 0.6 is 7.82 Å². The lowest BCUT2D eigenvalue weighted by atomic mass is 10.0. The van der Waals surface area contributed by atoms with Gasteiger partial charge in [-0.25, -0.2) is 4.57 Å². The van der Waals surface area contributed by atoms with Gasteiger partial charge >= 0.3 is 7.82 Å². The highest BCUT2D eigenvalue weighted by Gasteiger charge is 2.28. The first-order valence-corrected chi connectivity index (χ1v) is 38.5. The average molecular weight is 1180 g/mol. The predicted octanol–water partition coefficient (Wildman–Crippen LogP) is 23.7. The van der Waals surface area contributed by atoms with Crippen LogP contribution in [0.25, 0.3) is 0 Å². The average Bonchev–Trinajstić information content (AvgIpc) is 3.47. The third-order valence-corrected chi connectivity index (χ3v) is 18.5. The van der Waals surface area contributed by atoms with Gasteiger partial charge in [-0.15, -0.1) is 0 Å². The number of carbonyl (C=O) groups is 1. The summed E-state index contributed by atoms with van der Waals surface area (Å²) >= 11 is 0. The lowest BCUT2D eigenvalue weighted by Crippen LogP contribution is -2.46. The molecule has 82 heavy (non-hydrogen) atoms. The second-order valence-electron chi connectivity index (χ2n) is 27.0. The topological polar surface area (TPSA) is 105 Å². The summed E-state index contributed by atoms with van der Waals surface area (Å²) in [5.74, 6) is -0.134. The number of nitrogens with one attached hydrogen (secondary N) is 1. The van der Waals surface area contributed by atoms with Crippen LogP contribution in [0.3, 0.4) is 0 Å². The van der Waals surface area contributed by atoms with E-state index >= 15 is 0 Å². The van der Waals surface area contributed by atoms with Crippen molar-refractivity contribution in [3.05, 3.63) is 12.2 Å². The molecule has 0 aliphatic rings. The number of quaternary nitrogens is 1. The highest BCUT2D eigenvalue weighted by Crippen LogP contribution is 2.43. The number of amides is 1. The van der Waals surface area contributed by atoms with Crippen LogP contribution in [0, 0.1) is 0 Å². The van der Waals surface area contributed by atoms with E-state index in [2.05, 4.69) is 31.3 Å². The molecule has 9 heteroatoms. The molecule has 0 fully saturated rings. The standard InChI is InChI=1S/C73H147N2O6P/c1-6-8-10-12-14-16-18-20-22-24-26-28-30-31-32-33-34-35-36-37-38-39-40-41-42-43-45-47-49-51-53-55-57-59-61-63-65-67-73(77)74-71(70-81-82(78,79)80-69-68-75(3,4)5)72(76)66-64-62-60-58-56-54-52-50-48-46-44-29-27-25-23-21-19-17-15-13-11-9-7-2/h24,26,71-72,76H,6-23,25,27-70H2,1-5H3,(H-,74,77,78,79)/p+1/b26-24-. The maximum Gasteiger partial charge on any atom is 0.472 e. The quantitative estimate of drug-likeness (QED) is 0.0243. The number of aliphatic hydroxyl groups is 1. The summed E-state index contributed by atoms with van der Waals surface area (Å²) in [4.78, 5) is 23.5. The van der Waals surface area contributed by atoms with Gasteiger partial charge in [0.1, 0.15) is 13.2 Å². The smallest absolute Gasteiger partial charge is 0.391 e. The lowest BCUT2D eigenvalue weighted by Gasteiger charge is -2.26. The molecule has 0 aliphatic carbocycles. The van der Waals surface area contributed by atoms with E-state index in [0.717, 1.165) is 38.5 Å². The van der Waals surface area contributed by atoms with Crippen LogP contribution in [0.15, 0.2) is 12.2 Å². The van der Waals surface area contributed by atoms with E-state index in [-0.39, 0.29) is 19.1 Å². The number of carbonyl (C=O) groups excluding carboxylic acids is 1. The summed E-state index contributed by atoms with van der Waals surface area (Å²) in [7, 11) is 1.64. The van der Waals surface area contributed by atoms with Crippen molar-refractivity contribution in [1.29, 1.82) is 0 Å². The molecule has 0 bridgehead atoms. The van der Waals surface area contributed by atoms with Gasteiger partial charge in [0.2, 0.25) is 5.91 Å². The summed E-state index contributed by atoms with van der Waals surface area (Å²) in [5.41, 5.74) is 0. The van der Waals surface area contributed by atoms with Crippen LogP contribution in [0.4, 0.5) is 0 Å². The largest absolute Gasteiger partial charge is 0.472 e. The van der Waals surface area contributed by atoms with E-state index < -0.39 is 20.0 Å². The maximum atomic E-state index is 13.1. The zero-order chi connectivity index (χ0) is 59.8. The van der Waals surface area contributed by atoms with Crippen molar-refractivity contribution >= 4 is 13.7 Å². The molecule has 0 aromatic heterocycles. The molecule has 3 atom stereocenters. The molecule has 8 nitrogen and oxygen atoms in total. The van der Waals surface area contributed by atoms with E-state index in [1.165, 1.54) is 334 Å². The van der Waals surface area contributed by atoms with Gasteiger partial charge in [-0.2, -0.15) is 0 Å². The summed E-state index contributed by atoms with van der Waals surface area (Å²) in [6, 6.07) is -0.758. The fraction of sp³-hybridized carbons (Fsp3) is 0.959. The highest BCUT2D eigenvalue weighted by molar-refractivity contribution is 7.47. The molecule has 0 saturated heterocycles. The number of nitrogens with zero attached hydrogens (tertiary/aromatic N) is 1. The van der Waals surface area contributed by atoms with E-state index in [9.17, 15) is 19.4 Å². The first-order chi connectivity index (χ1) is 40.0. The van der Waals surface area contributed by atoms with Crippen LogP contribution < -0.4 is 5.32 Å². The van der Waals surface area contributed by atoms with Gasteiger partial charge in [0.15, 0.2) is 0 Å². The second kappa shape index (κ2) is 64.7. The molecule has 0 spiro atoms. The van der Waals surface area contributed by atoms with Gasteiger partial charge in [0.05, 0.1) is 39.9 Å². The van der Waals surface area contributed by atoms with Crippen LogP contribution in [-0.4, -0.2) is 73.4 Å². The van der Waals surface area contributed by atoms with Crippen molar-refractivity contribution in [2.75, 3.05) is 40.9 Å². The Morgan fingerprint density at radius 2 is 0.659 bits per heavy atom. The Balaban J connectivity index is 3.91. The van der Waals surface area contributed by atoms with Crippen molar-refractivity contribution in [3.8, 4) is 0 Å². The van der Waals surface area contributed by atoms with Gasteiger partial charge in [0.25, 0.3) is 0 Å². The molecule has 0 rings (SSSR count). The maximum absolute atomic E-state index is 13.1. The lowest BCUT2D eigenvalue weighted by molar-refractivity contribution is -0.870. The molecule has 490 valence electrons. The summed E-state index contributed by atoms with van der Waals surface area (Å²) in [5, 5.41) is 14.2. The molecular formula is C73H148N2O6P+. The van der Waals surface area contributed by atoms with Gasteiger partial charge in [0, 0.05) is 6.42 Å². The zero-order valence-corrected chi connectivity index (χ0v) is 57.2. The number of likely N-dealkylation sites (N-methyl/N-ethyl adjacent to an activating group) is 1. The van der Waals surface area contributed by atoms with Crippen molar-refractivity contribution in [2.24, 2.45) is 0 Å². The molecule has 0 heterocycles. The van der Waals surface area contributed by atoms with Crippen LogP contribution in [0.1, 0.15) is 399 Å². The van der Waals surface area contributed by atoms with Crippen LogP contribution in [0.2, 0.25) is 0 Å². The number of hydrogen-bond donors (Lipinski definition) is 3. The number of phosphoric ester groups is 1. The van der Waals surface area contributed by atoms with Crippen molar-refractivity contribution in [2.45, 2.75) is 411 Å². The zero-order valence-electron chi connectivity index (χ0n) is 56.3. The van der Waals surface area contributed by atoms with Gasteiger partial charge < -0.3 is 19.8 Å². The summed E-state index contributed by atoms with van der Waals surface area (Å²) < 4.78 is 23.9. The number of unbranched alkanes of at least 4 members (excludes halogenated alkanes) is 55. The Morgan fingerprint density at radius 3 is 0.939 bits per heavy atom. The molecule has 3 N–H and O–H groups in total. The van der Waals surface area contributed by atoms with E-state index in [0.29, 0.717) is 23.9 Å². The normalized spacial score (nSPS) is 13.6. The SMILES string of the molecule is CCCCCCCCCC/C=C\CCCCCCCCCCCCCCCCCCCCCCCCCCCC(=O)NC(COP(=O)(O)OCC[N+](C)(C)C)C(O)CCCCCCCCCCCCCCCCCCCCCCCCC. The first-order valence-electron chi connectivity index (χ1n) is 37.1. The number of aliphatic hydroxyl groups excluding tert-OH is 1. The minimum Gasteiger partial charge on any atom is -0.391 e. The fourth-order valence-electron chi connectivity index (χ4n) is 11.8. The Morgan fingerprint density at radius 1 is 0.402 bits per heavy atom. The van der Waals surface area contributed by atoms with Gasteiger partial charge in [-0.1, -0.05) is 366 Å². The summed E-state index contributed by atoms with van der Waals surface area (Å²) in [6.07, 6.45) is 83.4. The molecular weight excluding hydrogens is 1030 g/mol. The number of rotatable bonds is 70. The summed E-state index contributed by atoms with van der Waals surface area (Å²) in [6.45, 7) is 4.96. The molecule has 1 amide bonds. The minimum absolute atomic E-state index is 0.0787. The third-order valence-electron chi connectivity index (χ3n) is 17.5. The van der Waals surface area contributed by atoms with Crippen molar-refractivity contribution in [3.63, 3.8) is 0 Å². The van der Waals surface area contributed by atoms with E-state index in [4.69, 9.17) is 9.05 Å². The Bertz CT molecular complexity index is 1340. The number of phosphoric acid groups is 1. The number of allylic oxidation sites excluding steroid dienone is 2. The minimum atomic E-state index is -4.33. The molecule has 0 aromatic rings. The molecule has 0 aromatic carbocycles. The molecule has 0 radical (unpaired) electrons. The monoisotopic (exact) mass is 1180 g/mol. The highest BCUT2D eigenvalue weighted by atomic mass is 31.2. The molecule has 3 unspecified atom stereocenters. The van der Waals surface area contributed by atoms with E-state index in [1.54, 1.807) is 0 Å². The van der Waals surface area contributed by atoms with Crippen LogP contribution in [-0.2, 0) is 18.4 Å². The predicted molar refractivity (Wildman–Crippen MR) is 360 cm³/mol. The molecule has 0 aliphatic heterocycles. The van der Waals surface area contributed by atoms with Crippen LogP contribution in [0.5, 0.6) is 0 Å². The Labute approximate surface area is 513 Å². The van der Waals surface area contributed by atoms with Gasteiger partial charge in [-0.05, 0) is 38.5 Å². The third kappa shape index (κ3) is 66.8. The number of hydrogen-bond acceptors (Lipinski definition) is 5. The van der Waals surface area contributed by atoms with E-state index in [1.807, 2.05) is 21.1 Å².